The first-order valence-corrected chi connectivity index (χ1v) is 6.06. The Kier molecular flexibility index (Phi) is 7.34. The van der Waals surface area contributed by atoms with Gasteiger partial charge >= 0.3 is 0 Å². The van der Waals surface area contributed by atoms with Crippen molar-refractivity contribution < 1.29 is 15.0 Å². The molecule has 0 saturated heterocycles. The van der Waals surface area contributed by atoms with Gasteiger partial charge in [-0.25, -0.2) is 0 Å². The van der Waals surface area contributed by atoms with Crippen molar-refractivity contribution in [3.8, 4) is 0 Å². The lowest BCUT2D eigenvalue weighted by Gasteiger charge is -2.29. The van der Waals surface area contributed by atoms with Crippen LogP contribution in [-0.4, -0.2) is 53.9 Å². The zero-order valence-corrected chi connectivity index (χ0v) is 11.1. The highest BCUT2D eigenvalue weighted by molar-refractivity contribution is 5.79. The van der Waals surface area contributed by atoms with Crippen LogP contribution in [0.5, 0.6) is 0 Å². The Bertz CT molecular complexity index is 220. The largest absolute Gasteiger partial charge is 0.395 e. The Hall–Kier alpha value is -0.650. The molecule has 0 radical (unpaired) electrons. The van der Waals surface area contributed by atoms with Gasteiger partial charge in [0.05, 0.1) is 19.1 Å². The van der Waals surface area contributed by atoms with Crippen LogP contribution in [0.15, 0.2) is 0 Å². The third-order valence-corrected chi connectivity index (χ3v) is 2.54. The van der Waals surface area contributed by atoms with E-state index >= 15 is 0 Å². The lowest BCUT2D eigenvalue weighted by atomic mass is 9.84. The van der Waals surface area contributed by atoms with Crippen molar-refractivity contribution in [1.82, 2.24) is 4.90 Å². The van der Waals surface area contributed by atoms with Crippen molar-refractivity contribution >= 4 is 5.91 Å². The number of carbonyl (C=O) groups excluding carboxylic acids is 1. The van der Waals surface area contributed by atoms with E-state index in [1.54, 1.807) is 0 Å². The average molecular weight is 246 g/mol. The maximum atomic E-state index is 12.2. The highest BCUT2D eigenvalue weighted by Gasteiger charge is 2.27. The molecule has 0 aliphatic rings. The Morgan fingerprint density at radius 1 is 1.24 bits per heavy atom. The van der Waals surface area contributed by atoms with Gasteiger partial charge in [-0.1, -0.05) is 20.8 Å². The molecule has 0 aromatic carbocycles. The van der Waals surface area contributed by atoms with Crippen LogP contribution in [0.25, 0.3) is 0 Å². The minimum atomic E-state index is -0.243. The highest BCUT2D eigenvalue weighted by Crippen LogP contribution is 2.25. The number of aliphatic hydroxyl groups excluding tert-OH is 2. The van der Waals surface area contributed by atoms with Gasteiger partial charge in [0.15, 0.2) is 0 Å². The van der Waals surface area contributed by atoms with Gasteiger partial charge in [0, 0.05) is 19.6 Å². The average Bonchev–Trinajstić information content (AvgIpc) is 2.23. The van der Waals surface area contributed by atoms with E-state index in [0.717, 1.165) is 0 Å². The normalized spacial score (nSPS) is 13.5. The van der Waals surface area contributed by atoms with Gasteiger partial charge in [-0.05, 0) is 11.8 Å². The summed E-state index contributed by atoms with van der Waals surface area (Å²) >= 11 is 0. The molecule has 0 fully saturated rings. The zero-order valence-electron chi connectivity index (χ0n) is 11.1. The number of rotatable bonds is 7. The van der Waals surface area contributed by atoms with Crippen LogP contribution in [-0.2, 0) is 4.79 Å². The standard InChI is InChI=1S/C12H26N2O3/c1-12(2,3)8-10(9-13)11(17)14(4-6-15)5-7-16/h10,15-16H,4-9,13H2,1-3H3. The van der Waals surface area contributed by atoms with Crippen LogP contribution in [0.1, 0.15) is 27.2 Å². The molecule has 0 aliphatic carbocycles. The molecule has 5 nitrogen and oxygen atoms in total. The Morgan fingerprint density at radius 3 is 2.00 bits per heavy atom. The van der Waals surface area contributed by atoms with Crippen molar-refractivity contribution in [2.45, 2.75) is 27.2 Å². The summed E-state index contributed by atoms with van der Waals surface area (Å²) in [5, 5.41) is 17.8. The number of nitrogens with two attached hydrogens (primary N) is 1. The molecule has 4 N–H and O–H groups in total. The SMILES string of the molecule is CC(C)(C)CC(CN)C(=O)N(CCO)CCO. The quantitative estimate of drug-likeness (QED) is 0.581. The maximum Gasteiger partial charge on any atom is 0.227 e. The number of amides is 1. The monoisotopic (exact) mass is 246 g/mol. The van der Waals surface area contributed by atoms with Gasteiger partial charge in [0.1, 0.15) is 0 Å². The summed E-state index contributed by atoms with van der Waals surface area (Å²) in [4.78, 5) is 13.6. The molecule has 1 unspecified atom stereocenters. The van der Waals surface area contributed by atoms with E-state index < -0.39 is 0 Å². The van der Waals surface area contributed by atoms with E-state index in [0.29, 0.717) is 13.0 Å². The first-order valence-electron chi connectivity index (χ1n) is 6.06. The molecule has 0 aromatic heterocycles. The van der Waals surface area contributed by atoms with Crippen LogP contribution < -0.4 is 5.73 Å². The maximum absolute atomic E-state index is 12.2. The molecule has 1 atom stereocenters. The fourth-order valence-corrected chi connectivity index (χ4v) is 1.84. The second-order valence-corrected chi connectivity index (χ2v) is 5.47. The van der Waals surface area contributed by atoms with Crippen molar-refractivity contribution in [3.05, 3.63) is 0 Å². The molecule has 0 heterocycles. The highest BCUT2D eigenvalue weighted by atomic mass is 16.3. The zero-order chi connectivity index (χ0) is 13.5. The third kappa shape index (κ3) is 6.61. The molecule has 0 spiro atoms. The summed E-state index contributed by atoms with van der Waals surface area (Å²) in [7, 11) is 0. The number of aliphatic hydroxyl groups is 2. The van der Waals surface area contributed by atoms with Gasteiger partial charge in [-0.2, -0.15) is 0 Å². The lowest BCUT2D eigenvalue weighted by Crippen LogP contribution is -2.43. The summed E-state index contributed by atoms with van der Waals surface area (Å²) < 4.78 is 0. The third-order valence-electron chi connectivity index (χ3n) is 2.54. The van der Waals surface area contributed by atoms with Gasteiger partial charge < -0.3 is 20.8 Å². The van der Waals surface area contributed by atoms with Gasteiger partial charge in [0.25, 0.3) is 0 Å². The number of hydrogen-bond acceptors (Lipinski definition) is 4. The first-order chi connectivity index (χ1) is 7.85. The van der Waals surface area contributed by atoms with Crippen molar-refractivity contribution in [1.29, 1.82) is 0 Å². The summed E-state index contributed by atoms with van der Waals surface area (Å²) in [6.45, 7) is 6.78. The molecule has 0 aromatic rings. The Balaban J connectivity index is 4.57. The number of nitrogens with zero attached hydrogens (tertiary/aromatic N) is 1. The molecule has 0 aliphatic heterocycles. The van der Waals surface area contributed by atoms with Gasteiger partial charge in [-0.3, -0.25) is 4.79 Å². The van der Waals surface area contributed by atoms with E-state index in [2.05, 4.69) is 20.8 Å². The van der Waals surface area contributed by atoms with E-state index in [-0.39, 0.29) is 43.5 Å². The van der Waals surface area contributed by atoms with Crippen molar-refractivity contribution in [2.75, 3.05) is 32.8 Å². The lowest BCUT2D eigenvalue weighted by molar-refractivity contribution is -0.137. The number of carbonyl (C=O) groups is 1. The summed E-state index contributed by atoms with van der Waals surface area (Å²) in [6.07, 6.45) is 0.704. The van der Waals surface area contributed by atoms with Gasteiger partial charge in [0.2, 0.25) is 5.91 Å². The molecule has 1 amide bonds. The van der Waals surface area contributed by atoms with Crippen LogP contribution >= 0.6 is 0 Å². The van der Waals surface area contributed by atoms with Crippen molar-refractivity contribution in [3.63, 3.8) is 0 Å². The van der Waals surface area contributed by atoms with E-state index in [9.17, 15) is 4.79 Å². The minimum absolute atomic E-state index is 0.0315. The molecule has 0 bridgehead atoms. The van der Waals surface area contributed by atoms with Crippen molar-refractivity contribution in [2.24, 2.45) is 17.1 Å². The predicted octanol–water partition coefficient (Wildman–Crippen LogP) is -0.189. The van der Waals surface area contributed by atoms with Crippen LogP contribution in [0.4, 0.5) is 0 Å². The molecule has 17 heavy (non-hydrogen) atoms. The summed E-state index contributed by atoms with van der Waals surface area (Å²) in [5.74, 6) is -0.321. The Labute approximate surface area is 104 Å². The minimum Gasteiger partial charge on any atom is -0.395 e. The molecule has 102 valence electrons. The summed E-state index contributed by atoms with van der Waals surface area (Å²) in [5.41, 5.74) is 5.67. The Morgan fingerprint density at radius 2 is 1.71 bits per heavy atom. The first kappa shape index (κ1) is 16.4. The van der Waals surface area contributed by atoms with Gasteiger partial charge in [-0.15, -0.1) is 0 Å². The topological polar surface area (TPSA) is 86.8 Å². The van der Waals surface area contributed by atoms with Crippen LogP contribution in [0.2, 0.25) is 0 Å². The number of hydrogen-bond donors (Lipinski definition) is 3. The predicted molar refractivity (Wildman–Crippen MR) is 67.4 cm³/mol. The molecule has 0 rings (SSSR count). The van der Waals surface area contributed by atoms with E-state index in [4.69, 9.17) is 15.9 Å². The fraction of sp³-hybridized carbons (Fsp3) is 0.917. The second-order valence-electron chi connectivity index (χ2n) is 5.47. The molecular weight excluding hydrogens is 220 g/mol. The second kappa shape index (κ2) is 7.63. The van der Waals surface area contributed by atoms with E-state index in [1.165, 1.54) is 4.90 Å². The molecular formula is C12H26N2O3. The fourth-order valence-electron chi connectivity index (χ4n) is 1.84. The van der Waals surface area contributed by atoms with E-state index in [1.807, 2.05) is 0 Å². The van der Waals surface area contributed by atoms with Crippen LogP contribution in [0, 0.1) is 11.3 Å². The van der Waals surface area contributed by atoms with Crippen LogP contribution in [0.3, 0.4) is 0 Å². The summed E-state index contributed by atoms with van der Waals surface area (Å²) in [6, 6.07) is 0. The molecule has 5 heteroatoms. The molecule has 0 saturated carbocycles. The smallest absolute Gasteiger partial charge is 0.227 e.